The Morgan fingerprint density at radius 2 is 1.92 bits per heavy atom. The fraction of sp³-hybridized carbons (Fsp3) is 0.472. The van der Waals surface area contributed by atoms with Gasteiger partial charge in [0.2, 0.25) is 0 Å². The number of ether oxygens (including phenoxy) is 2. The van der Waals surface area contributed by atoms with E-state index >= 15 is 4.39 Å². The van der Waals surface area contributed by atoms with E-state index in [2.05, 4.69) is 26.0 Å². The Hall–Kier alpha value is -4.12. The number of pyridine rings is 1. The molecule has 256 valence electrons. The predicted octanol–water partition coefficient (Wildman–Crippen LogP) is 5.78. The first-order valence-electron chi connectivity index (χ1n) is 16.8. The zero-order chi connectivity index (χ0) is 33.9. The number of hydrogen-bond donors (Lipinski definition) is 1. The summed E-state index contributed by atoms with van der Waals surface area (Å²) in [5.74, 6) is 1.76. The molecule has 2 aromatic carbocycles. The molecule has 0 aliphatic carbocycles. The lowest BCUT2D eigenvalue weighted by Crippen LogP contribution is -2.51. The highest BCUT2D eigenvalue weighted by atomic mass is 19.4. The summed E-state index contributed by atoms with van der Waals surface area (Å²) in [4.78, 5) is 18.8. The minimum atomic E-state index is -4.38. The van der Waals surface area contributed by atoms with E-state index in [1.165, 1.54) is 6.07 Å². The van der Waals surface area contributed by atoms with Gasteiger partial charge >= 0.3 is 12.2 Å². The molecule has 3 saturated heterocycles. The molecule has 0 spiro atoms. The van der Waals surface area contributed by atoms with Gasteiger partial charge in [-0.25, -0.2) is 13.8 Å². The summed E-state index contributed by atoms with van der Waals surface area (Å²) in [7, 11) is 0. The average Bonchev–Trinajstić information content (AvgIpc) is 3.61. The molecule has 0 unspecified atom stereocenters. The van der Waals surface area contributed by atoms with Gasteiger partial charge in [0.15, 0.2) is 5.82 Å². The van der Waals surface area contributed by atoms with Crippen molar-refractivity contribution in [3.63, 3.8) is 0 Å². The van der Waals surface area contributed by atoms with Crippen LogP contribution in [0, 0.1) is 24.0 Å². The van der Waals surface area contributed by atoms with Crippen molar-refractivity contribution in [3.8, 4) is 29.6 Å². The van der Waals surface area contributed by atoms with E-state index < -0.39 is 30.0 Å². The minimum Gasteiger partial charge on any atom is -0.461 e. The zero-order valence-corrected chi connectivity index (χ0v) is 26.8. The zero-order valence-electron chi connectivity index (χ0n) is 26.8. The molecule has 1 N–H and O–H groups in total. The Balaban J connectivity index is 1.20. The maximum absolute atomic E-state index is 17.0. The van der Waals surface area contributed by atoms with Gasteiger partial charge in [0.1, 0.15) is 36.1 Å². The molecule has 2 aromatic heterocycles. The highest BCUT2D eigenvalue weighted by Gasteiger charge is 2.50. The number of halogens is 5. The van der Waals surface area contributed by atoms with Crippen LogP contribution in [0.2, 0.25) is 0 Å². The minimum absolute atomic E-state index is 0.00844. The molecule has 0 amide bonds. The first-order chi connectivity index (χ1) is 23.7. The molecular formula is C36H35F5N6O2. The highest BCUT2D eigenvalue weighted by molar-refractivity contribution is 6.02. The van der Waals surface area contributed by atoms with Gasteiger partial charge in [-0.3, -0.25) is 4.90 Å². The number of anilines is 1. The van der Waals surface area contributed by atoms with Crippen LogP contribution in [-0.4, -0.2) is 89.7 Å². The number of benzene rings is 2. The largest absolute Gasteiger partial charge is 0.461 e. The topological polar surface area (TPSA) is 75.6 Å². The molecule has 6 heterocycles. The van der Waals surface area contributed by atoms with Gasteiger partial charge < -0.3 is 19.7 Å². The second kappa shape index (κ2) is 12.3. The first-order valence-corrected chi connectivity index (χ1v) is 16.8. The molecule has 4 aromatic rings. The van der Waals surface area contributed by atoms with Crippen LogP contribution in [0.4, 0.5) is 27.8 Å². The first kappa shape index (κ1) is 32.1. The lowest BCUT2D eigenvalue weighted by molar-refractivity contribution is -0.177. The molecule has 0 saturated carbocycles. The van der Waals surface area contributed by atoms with Crippen molar-refractivity contribution in [2.75, 3.05) is 50.9 Å². The molecule has 49 heavy (non-hydrogen) atoms. The van der Waals surface area contributed by atoms with Crippen LogP contribution in [0.15, 0.2) is 30.3 Å². The molecular weight excluding hydrogens is 643 g/mol. The maximum atomic E-state index is 17.0. The van der Waals surface area contributed by atoms with Gasteiger partial charge in [0, 0.05) is 42.7 Å². The summed E-state index contributed by atoms with van der Waals surface area (Å²) >= 11 is 0. The number of aryl methyl sites for hydroxylation is 1. The molecule has 4 aliphatic heterocycles. The van der Waals surface area contributed by atoms with Gasteiger partial charge in [0.25, 0.3) is 0 Å². The normalized spacial score (nSPS) is 23.8. The van der Waals surface area contributed by atoms with E-state index in [0.717, 1.165) is 45.3 Å². The molecule has 0 bridgehead atoms. The number of rotatable bonds is 7. The quantitative estimate of drug-likeness (QED) is 0.195. The molecule has 8 nitrogen and oxygen atoms in total. The molecule has 3 fully saturated rings. The van der Waals surface area contributed by atoms with Crippen molar-refractivity contribution >= 4 is 27.5 Å². The van der Waals surface area contributed by atoms with Gasteiger partial charge in [-0.2, -0.15) is 23.1 Å². The standard InChI is InChI=1S/C36H35F5N6O2/c1-2-24-26(37)9-7-21-5-3-6-25(28(21)24)31-30(38)32-29-27(43-31)10-8-22-17-42-14-16-46(22)33(29)45-34(44-32)49-19-35-12-4-15-47(35)23(11-13-35)18-48-20-36(39,40)41/h1,3,5-7,9,22-23,42H,4,8,10-20H2/t22-,23+,35+/m1/s1. The monoisotopic (exact) mass is 678 g/mol. The van der Waals surface area contributed by atoms with E-state index in [1.807, 2.05) is 0 Å². The number of fused-ring (bicyclic) bond motifs is 4. The van der Waals surface area contributed by atoms with Crippen LogP contribution in [-0.2, 0) is 11.2 Å². The van der Waals surface area contributed by atoms with Crippen LogP contribution < -0.4 is 15.0 Å². The fourth-order valence-corrected chi connectivity index (χ4v) is 8.43. The number of alkyl halides is 3. The SMILES string of the molecule is C#Cc1c(F)ccc2cccc(-c3nc4c5c(nc(OC[C@@]67CCCN6[C@H](COCC(F)(F)F)CC7)nc5c3F)N3CCNC[C@H]3CC4)c12. The van der Waals surface area contributed by atoms with E-state index in [1.54, 1.807) is 24.3 Å². The smallest absolute Gasteiger partial charge is 0.411 e. The third-order valence-corrected chi connectivity index (χ3v) is 10.6. The maximum Gasteiger partial charge on any atom is 0.411 e. The Bertz CT molecular complexity index is 1980. The molecule has 0 radical (unpaired) electrons. The van der Waals surface area contributed by atoms with Crippen LogP contribution in [0.1, 0.15) is 43.4 Å². The lowest BCUT2D eigenvalue weighted by atomic mass is 9.95. The van der Waals surface area contributed by atoms with Gasteiger partial charge in [-0.1, -0.05) is 30.2 Å². The summed E-state index contributed by atoms with van der Waals surface area (Å²) in [5, 5.41) is 5.04. The van der Waals surface area contributed by atoms with Crippen molar-refractivity contribution in [2.45, 2.75) is 62.3 Å². The summed E-state index contributed by atoms with van der Waals surface area (Å²) in [5.41, 5.74) is 0.757. The third kappa shape index (κ3) is 5.63. The summed E-state index contributed by atoms with van der Waals surface area (Å²) in [6, 6.07) is 8.14. The van der Waals surface area contributed by atoms with Crippen molar-refractivity contribution in [1.29, 1.82) is 0 Å². The van der Waals surface area contributed by atoms with Crippen molar-refractivity contribution in [3.05, 3.63) is 53.2 Å². The third-order valence-electron chi connectivity index (χ3n) is 10.6. The Kier molecular flexibility index (Phi) is 8.08. The van der Waals surface area contributed by atoms with Crippen LogP contribution >= 0.6 is 0 Å². The Morgan fingerprint density at radius 3 is 2.76 bits per heavy atom. The molecule has 3 atom stereocenters. The number of nitrogens with zero attached hydrogens (tertiary/aromatic N) is 5. The second-order valence-corrected chi connectivity index (χ2v) is 13.5. The summed E-state index contributed by atoms with van der Waals surface area (Å²) in [6.45, 7) is 1.77. The van der Waals surface area contributed by atoms with Crippen LogP contribution in [0.25, 0.3) is 32.9 Å². The van der Waals surface area contributed by atoms with Gasteiger partial charge in [-0.15, -0.1) is 6.42 Å². The van der Waals surface area contributed by atoms with Crippen molar-refractivity contribution < 1.29 is 31.4 Å². The summed E-state index contributed by atoms with van der Waals surface area (Å²) < 4.78 is 81.6. The predicted molar refractivity (Wildman–Crippen MR) is 175 cm³/mol. The Morgan fingerprint density at radius 1 is 1.04 bits per heavy atom. The van der Waals surface area contributed by atoms with Crippen LogP contribution in [0.5, 0.6) is 6.01 Å². The fourth-order valence-electron chi connectivity index (χ4n) is 8.43. The van der Waals surface area contributed by atoms with E-state index in [9.17, 15) is 17.6 Å². The van der Waals surface area contributed by atoms with E-state index in [-0.39, 0.29) is 48.1 Å². The number of terminal acetylenes is 1. The van der Waals surface area contributed by atoms with E-state index in [0.29, 0.717) is 52.6 Å². The number of hydrogen-bond acceptors (Lipinski definition) is 8. The summed E-state index contributed by atoms with van der Waals surface area (Å²) in [6.07, 6.45) is 5.79. The second-order valence-electron chi connectivity index (χ2n) is 13.5. The molecule has 13 heteroatoms. The highest BCUT2D eigenvalue weighted by Crippen LogP contribution is 2.44. The number of nitrogens with one attached hydrogen (secondary N) is 1. The van der Waals surface area contributed by atoms with Gasteiger partial charge in [-0.05, 0) is 56.5 Å². The number of piperazine rings is 1. The average molecular weight is 679 g/mol. The number of aromatic nitrogens is 3. The van der Waals surface area contributed by atoms with Crippen LogP contribution in [0.3, 0.4) is 0 Å². The lowest BCUT2D eigenvalue weighted by Gasteiger charge is -2.36. The van der Waals surface area contributed by atoms with Gasteiger partial charge in [0.05, 0.1) is 28.8 Å². The van der Waals surface area contributed by atoms with E-state index in [4.69, 9.17) is 25.9 Å². The van der Waals surface area contributed by atoms with Crippen molar-refractivity contribution in [2.24, 2.45) is 0 Å². The molecule has 8 rings (SSSR count). The Labute approximate surface area is 280 Å². The van der Waals surface area contributed by atoms with Crippen molar-refractivity contribution in [1.82, 2.24) is 25.2 Å². The molecule has 4 aliphatic rings.